The summed E-state index contributed by atoms with van der Waals surface area (Å²) in [6, 6.07) is 15.8. The zero-order valence-electron chi connectivity index (χ0n) is 18.6. The highest BCUT2D eigenvalue weighted by Gasteiger charge is 2.33. The lowest BCUT2D eigenvalue weighted by molar-refractivity contribution is -0.137. The zero-order chi connectivity index (χ0) is 25.0. The summed E-state index contributed by atoms with van der Waals surface area (Å²) < 4.78 is 39.3. The minimum absolute atomic E-state index is 0.00104. The predicted octanol–water partition coefficient (Wildman–Crippen LogP) is 5.06. The van der Waals surface area contributed by atoms with Crippen LogP contribution in [0.1, 0.15) is 34.8 Å². The lowest BCUT2D eigenvalue weighted by Gasteiger charge is -2.25. The summed E-state index contributed by atoms with van der Waals surface area (Å²) >= 11 is 0. The van der Waals surface area contributed by atoms with Crippen molar-refractivity contribution in [3.63, 3.8) is 0 Å². The number of tetrazole rings is 1. The highest BCUT2D eigenvalue weighted by atomic mass is 19.4. The van der Waals surface area contributed by atoms with Crippen LogP contribution in [0.4, 0.5) is 19.0 Å². The van der Waals surface area contributed by atoms with Crippen molar-refractivity contribution in [3.8, 4) is 22.5 Å². The normalized spacial score (nSPS) is 11.4. The van der Waals surface area contributed by atoms with Crippen LogP contribution < -0.4 is 4.90 Å². The molecule has 0 unspecified atom stereocenters. The molecular formula is C24H21F3N6O2. The summed E-state index contributed by atoms with van der Waals surface area (Å²) in [5, 5.41) is 23.7. The number of carboxylic acids is 1. The maximum atomic E-state index is 13.1. The molecule has 0 aliphatic heterocycles. The summed E-state index contributed by atoms with van der Waals surface area (Å²) in [7, 11) is 0. The van der Waals surface area contributed by atoms with Crippen LogP contribution >= 0.6 is 0 Å². The molecule has 0 amide bonds. The van der Waals surface area contributed by atoms with E-state index in [4.69, 9.17) is 0 Å². The fourth-order valence-electron chi connectivity index (χ4n) is 3.77. The van der Waals surface area contributed by atoms with Crippen molar-refractivity contribution >= 4 is 11.8 Å². The van der Waals surface area contributed by atoms with Gasteiger partial charge in [0.15, 0.2) is 0 Å². The van der Waals surface area contributed by atoms with Gasteiger partial charge in [-0.1, -0.05) is 55.5 Å². The molecule has 2 aromatic heterocycles. The number of aromatic amines is 1. The summed E-state index contributed by atoms with van der Waals surface area (Å²) in [6.07, 6.45) is -3.36. The Bertz CT molecular complexity index is 1310. The van der Waals surface area contributed by atoms with Gasteiger partial charge in [-0.15, -0.1) is 10.2 Å². The molecule has 0 aliphatic carbocycles. The van der Waals surface area contributed by atoms with Crippen LogP contribution in [0.25, 0.3) is 22.5 Å². The molecule has 2 heterocycles. The van der Waals surface area contributed by atoms with Gasteiger partial charge in [0.25, 0.3) is 0 Å². The first-order valence-electron chi connectivity index (χ1n) is 10.8. The maximum absolute atomic E-state index is 13.1. The van der Waals surface area contributed by atoms with Crippen molar-refractivity contribution in [1.29, 1.82) is 0 Å². The number of anilines is 1. The number of carboxylic acid groups (broad SMARTS) is 1. The first-order chi connectivity index (χ1) is 16.8. The highest BCUT2D eigenvalue weighted by molar-refractivity contribution is 5.93. The number of H-pyrrole nitrogens is 1. The number of pyridine rings is 1. The third-order valence-corrected chi connectivity index (χ3v) is 5.37. The van der Waals surface area contributed by atoms with Gasteiger partial charge in [0, 0.05) is 24.8 Å². The van der Waals surface area contributed by atoms with Gasteiger partial charge in [-0.25, -0.2) is 9.78 Å². The second-order valence-electron chi connectivity index (χ2n) is 7.80. The molecule has 0 atom stereocenters. The van der Waals surface area contributed by atoms with Gasteiger partial charge < -0.3 is 10.0 Å². The second-order valence-corrected chi connectivity index (χ2v) is 7.80. The topological polar surface area (TPSA) is 108 Å². The van der Waals surface area contributed by atoms with Gasteiger partial charge in [0.2, 0.25) is 5.82 Å². The zero-order valence-corrected chi connectivity index (χ0v) is 18.6. The summed E-state index contributed by atoms with van der Waals surface area (Å²) in [6.45, 7) is 2.59. The average Bonchev–Trinajstić information content (AvgIpc) is 3.38. The van der Waals surface area contributed by atoms with Crippen LogP contribution in [0.3, 0.4) is 0 Å². The Labute approximate surface area is 198 Å². The molecule has 0 radical (unpaired) electrons. The first-order valence-corrected chi connectivity index (χ1v) is 10.8. The largest absolute Gasteiger partial charge is 0.478 e. The molecule has 180 valence electrons. The molecule has 0 fully saturated rings. The lowest BCUT2D eigenvalue weighted by atomic mass is 9.98. The van der Waals surface area contributed by atoms with Crippen LogP contribution in [0.15, 0.2) is 60.8 Å². The SMILES string of the molecule is CCCN(Cc1ccc(-c2ccccc2-c2nn[nH]n2)cc1)c1ncc(C(F)(F)F)cc1C(=O)O. The number of aromatic nitrogens is 5. The van der Waals surface area contributed by atoms with E-state index in [2.05, 4.69) is 25.6 Å². The number of hydrogen-bond acceptors (Lipinski definition) is 6. The van der Waals surface area contributed by atoms with E-state index >= 15 is 0 Å². The van der Waals surface area contributed by atoms with Gasteiger partial charge in [0.05, 0.1) is 5.56 Å². The van der Waals surface area contributed by atoms with E-state index in [9.17, 15) is 23.1 Å². The van der Waals surface area contributed by atoms with Crippen molar-refractivity contribution in [3.05, 3.63) is 77.5 Å². The average molecular weight is 482 g/mol. The Morgan fingerprint density at radius 2 is 1.80 bits per heavy atom. The van der Waals surface area contributed by atoms with Crippen molar-refractivity contribution in [2.24, 2.45) is 0 Å². The fraction of sp³-hybridized carbons (Fsp3) is 0.208. The molecule has 0 spiro atoms. The number of nitrogens with one attached hydrogen (secondary N) is 1. The van der Waals surface area contributed by atoms with Crippen LogP contribution in [-0.4, -0.2) is 43.2 Å². The standard InChI is InChI=1S/C24H21F3N6O2/c1-2-11-33(22-20(23(34)35)12-17(13-28-22)24(25,26)27)14-15-7-9-16(10-8-15)18-5-3-4-6-19(18)21-29-31-32-30-21/h3-10,12-13H,2,11,14H2,1H3,(H,34,35)(H,29,30,31,32). The maximum Gasteiger partial charge on any atom is 0.417 e. The van der Waals surface area contributed by atoms with E-state index in [1.807, 2.05) is 55.5 Å². The Morgan fingerprint density at radius 3 is 2.40 bits per heavy atom. The number of benzene rings is 2. The van der Waals surface area contributed by atoms with Gasteiger partial charge in [-0.05, 0) is 34.4 Å². The van der Waals surface area contributed by atoms with Crippen LogP contribution in [0, 0.1) is 0 Å². The van der Waals surface area contributed by atoms with Crippen molar-refractivity contribution in [1.82, 2.24) is 25.6 Å². The molecule has 11 heteroatoms. The van der Waals surface area contributed by atoms with Crippen LogP contribution in [0.2, 0.25) is 0 Å². The Balaban J connectivity index is 1.63. The van der Waals surface area contributed by atoms with Gasteiger partial charge >= 0.3 is 12.1 Å². The minimum Gasteiger partial charge on any atom is -0.478 e. The number of hydrogen-bond donors (Lipinski definition) is 2. The predicted molar refractivity (Wildman–Crippen MR) is 123 cm³/mol. The number of carbonyl (C=O) groups is 1. The number of alkyl halides is 3. The minimum atomic E-state index is -4.68. The molecular weight excluding hydrogens is 461 g/mol. The molecule has 0 saturated heterocycles. The Morgan fingerprint density at radius 1 is 1.09 bits per heavy atom. The molecule has 2 N–H and O–H groups in total. The Kier molecular flexibility index (Phi) is 6.76. The molecule has 35 heavy (non-hydrogen) atoms. The van der Waals surface area contributed by atoms with E-state index in [-0.39, 0.29) is 12.4 Å². The van der Waals surface area contributed by atoms with Crippen molar-refractivity contribution in [2.45, 2.75) is 26.1 Å². The number of halogens is 3. The van der Waals surface area contributed by atoms with Crippen molar-refractivity contribution in [2.75, 3.05) is 11.4 Å². The van der Waals surface area contributed by atoms with E-state index < -0.39 is 23.3 Å². The van der Waals surface area contributed by atoms with Gasteiger partial charge in [-0.2, -0.15) is 18.4 Å². The molecule has 2 aromatic carbocycles. The highest BCUT2D eigenvalue weighted by Crippen LogP contribution is 2.33. The molecule has 0 bridgehead atoms. The van der Waals surface area contributed by atoms with Crippen molar-refractivity contribution < 1.29 is 23.1 Å². The third-order valence-electron chi connectivity index (χ3n) is 5.37. The summed E-state index contributed by atoms with van der Waals surface area (Å²) in [5.41, 5.74) is 1.89. The van der Waals surface area contributed by atoms with E-state index in [0.29, 0.717) is 31.1 Å². The van der Waals surface area contributed by atoms with Crippen LogP contribution in [-0.2, 0) is 12.7 Å². The first kappa shape index (κ1) is 23.9. The second kappa shape index (κ2) is 9.92. The van der Waals surface area contributed by atoms with E-state index in [1.165, 1.54) is 0 Å². The van der Waals surface area contributed by atoms with Gasteiger partial charge in [0.1, 0.15) is 11.4 Å². The smallest absolute Gasteiger partial charge is 0.417 e. The molecule has 4 rings (SSSR count). The Hall–Kier alpha value is -4.28. The number of rotatable bonds is 8. The number of nitrogens with zero attached hydrogens (tertiary/aromatic N) is 5. The van der Waals surface area contributed by atoms with Gasteiger partial charge in [-0.3, -0.25) is 0 Å². The quantitative estimate of drug-likeness (QED) is 0.361. The monoisotopic (exact) mass is 482 g/mol. The lowest BCUT2D eigenvalue weighted by Crippen LogP contribution is -2.27. The van der Waals surface area contributed by atoms with Crippen LogP contribution in [0.5, 0.6) is 0 Å². The van der Waals surface area contributed by atoms with E-state index in [0.717, 1.165) is 22.3 Å². The fourth-order valence-corrected chi connectivity index (χ4v) is 3.77. The molecule has 8 nitrogen and oxygen atoms in total. The molecule has 0 aliphatic rings. The molecule has 0 saturated carbocycles. The van der Waals surface area contributed by atoms with E-state index in [1.54, 1.807) is 4.90 Å². The third kappa shape index (κ3) is 5.29. The number of aromatic carboxylic acids is 1. The summed E-state index contributed by atoms with van der Waals surface area (Å²) in [5.74, 6) is -1.000. The molecule has 4 aromatic rings. The summed E-state index contributed by atoms with van der Waals surface area (Å²) in [4.78, 5) is 17.3.